The summed E-state index contributed by atoms with van der Waals surface area (Å²) >= 11 is 11.4. The van der Waals surface area contributed by atoms with Crippen LogP contribution in [0.4, 0.5) is 5.69 Å². The highest BCUT2D eigenvalue weighted by Crippen LogP contribution is 2.30. The number of esters is 1. The molecular formula is C20H17ClN2O4S. The minimum absolute atomic E-state index is 0.226. The normalized spacial score (nSPS) is 15.3. The van der Waals surface area contributed by atoms with Gasteiger partial charge in [0.2, 0.25) is 0 Å². The number of likely N-dealkylation sites (N-methyl/N-ethyl adjacent to an activating group) is 1. The topological polar surface area (TPSA) is 59.1 Å². The number of rotatable bonds is 5. The van der Waals surface area contributed by atoms with Gasteiger partial charge in [-0.15, -0.1) is 0 Å². The molecule has 0 aromatic heterocycles. The quantitative estimate of drug-likeness (QED) is 0.422. The Hall–Kier alpha value is -2.90. The maximum Gasteiger partial charge on any atom is 0.343 e. The van der Waals surface area contributed by atoms with E-state index in [1.54, 1.807) is 60.5 Å². The van der Waals surface area contributed by atoms with Crippen LogP contribution >= 0.6 is 23.8 Å². The molecule has 0 radical (unpaired) electrons. The van der Waals surface area contributed by atoms with Crippen LogP contribution in [-0.4, -0.2) is 42.7 Å². The predicted octanol–water partition coefficient (Wildman–Crippen LogP) is 3.50. The van der Waals surface area contributed by atoms with E-state index in [4.69, 9.17) is 28.6 Å². The minimum Gasteiger partial charge on any atom is -0.481 e. The molecule has 1 amide bonds. The molecule has 0 N–H and O–H groups in total. The molecule has 1 aliphatic rings. The van der Waals surface area contributed by atoms with Crippen LogP contribution in [0.15, 0.2) is 54.2 Å². The summed E-state index contributed by atoms with van der Waals surface area (Å²) in [5.74, 6) is -0.304. The zero-order valence-corrected chi connectivity index (χ0v) is 16.8. The van der Waals surface area contributed by atoms with Crippen LogP contribution in [0.3, 0.4) is 0 Å². The van der Waals surface area contributed by atoms with Crippen molar-refractivity contribution < 1.29 is 19.1 Å². The second-order valence-corrected chi connectivity index (χ2v) is 6.69. The molecule has 144 valence electrons. The van der Waals surface area contributed by atoms with Gasteiger partial charge in [0.1, 0.15) is 11.4 Å². The zero-order valence-electron chi connectivity index (χ0n) is 15.2. The molecule has 0 unspecified atom stereocenters. The number of para-hydroxylation sites is 1. The molecule has 2 aromatic carbocycles. The van der Waals surface area contributed by atoms with E-state index in [9.17, 15) is 9.59 Å². The highest BCUT2D eigenvalue weighted by molar-refractivity contribution is 7.80. The minimum atomic E-state index is -0.494. The first-order chi connectivity index (χ1) is 13.4. The predicted molar refractivity (Wildman–Crippen MR) is 111 cm³/mol. The molecular weight excluding hydrogens is 400 g/mol. The van der Waals surface area contributed by atoms with Crippen LogP contribution in [0.1, 0.15) is 5.56 Å². The van der Waals surface area contributed by atoms with Crippen molar-refractivity contribution in [1.82, 2.24) is 4.90 Å². The summed E-state index contributed by atoms with van der Waals surface area (Å²) in [6.45, 7) is -0.226. The fraction of sp³-hybridized carbons (Fsp3) is 0.150. The van der Waals surface area contributed by atoms with Crippen molar-refractivity contribution in [3.05, 3.63) is 64.8 Å². The van der Waals surface area contributed by atoms with E-state index < -0.39 is 5.97 Å². The number of nitrogens with zero attached hydrogens (tertiary/aromatic N) is 2. The first-order valence-electron chi connectivity index (χ1n) is 8.30. The van der Waals surface area contributed by atoms with Gasteiger partial charge in [-0.2, -0.15) is 0 Å². The van der Waals surface area contributed by atoms with Gasteiger partial charge in [-0.25, -0.2) is 4.79 Å². The third kappa shape index (κ3) is 4.00. The third-order valence-electron chi connectivity index (χ3n) is 4.13. The van der Waals surface area contributed by atoms with E-state index in [1.807, 2.05) is 6.07 Å². The maximum absolute atomic E-state index is 13.0. The van der Waals surface area contributed by atoms with E-state index in [1.165, 1.54) is 12.0 Å². The molecule has 28 heavy (non-hydrogen) atoms. The molecule has 0 saturated carbocycles. The molecule has 1 aliphatic heterocycles. The number of halogens is 1. The molecule has 0 spiro atoms. The molecule has 1 heterocycles. The van der Waals surface area contributed by atoms with Crippen molar-refractivity contribution in [2.75, 3.05) is 25.7 Å². The lowest BCUT2D eigenvalue weighted by Crippen LogP contribution is -2.31. The molecule has 1 saturated heterocycles. The van der Waals surface area contributed by atoms with Crippen LogP contribution in [-0.2, 0) is 14.3 Å². The Bertz CT molecular complexity index is 959. The number of benzene rings is 2. The highest BCUT2D eigenvalue weighted by Gasteiger charge is 2.36. The van der Waals surface area contributed by atoms with Crippen LogP contribution in [0.25, 0.3) is 6.08 Å². The van der Waals surface area contributed by atoms with Crippen molar-refractivity contribution in [2.45, 2.75) is 0 Å². The fourth-order valence-corrected chi connectivity index (χ4v) is 3.06. The lowest BCUT2D eigenvalue weighted by molar-refractivity contribution is -0.142. The van der Waals surface area contributed by atoms with E-state index in [0.717, 1.165) is 0 Å². The molecule has 3 rings (SSSR count). The number of thiocarbonyl (C=S) groups is 1. The average molecular weight is 417 g/mol. The van der Waals surface area contributed by atoms with Crippen LogP contribution in [0.5, 0.6) is 5.75 Å². The first kappa shape index (κ1) is 19.9. The van der Waals surface area contributed by atoms with Gasteiger partial charge in [-0.1, -0.05) is 29.8 Å². The number of methoxy groups -OCH3 is 1. The number of carbonyl (C=O) groups excluding carboxylic acids is 2. The number of ether oxygens (including phenoxy) is 2. The molecule has 8 heteroatoms. The first-order valence-corrected chi connectivity index (χ1v) is 9.09. The molecule has 0 aliphatic carbocycles. The molecule has 1 fully saturated rings. The SMILES string of the molecule is COC(=O)COc1ccccc1C=C1C(=O)N(c2ccc(Cl)cc2)C(=S)N1C. The number of amides is 1. The standard InChI is InChI=1S/C20H17ClN2O4S/c1-22-16(11-13-5-3-4-6-17(13)27-12-18(24)26-2)19(25)23(20(22)28)15-9-7-14(21)8-10-15/h3-11H,12H2,1-2H3. The largest absolute Gasteiger partial charge is 0.481 e. The van der Waals surface area contributed by atoms with E-state index in [0.29, 0.717) is 32.8 Å². The van der Waals surface area contributed by atoms with Gasteiger partial charge in [-0.3, -0.25) is 9.69 Å². The van der Waals surface area contributed by atoms with Crippen molar-refractivity contribution in [2.24, 2.45) is 0 Å². The van der Waals surface area contributed by atoms with Crippen LogP contribution < -0.4 is 9.64 Å². The number of hydrogen-bond donors (Lipinski definition) is 0. The summed E-state index contributed by atoms with van der Waals surface area (Å²) < 4.78 is 10.1. The van der Waals surface area contributed by atoms with Crippen molar-refractivity contribution >= 4 is 52.6 Å². The Balaban J connectivity index is 1.92. The van der Waals surface area contributed by atoms with Gasteiger partial charge < -0.3 is 14.4 Å². The monoisotopic (exact) mass is 416 g/mol. The summed E-state index contributed by atoms with van der Waals surface area (Å²) in [7, 11) is 3.01. The summed E-state index contributed by atoms with van der Waals surface area (Å²) in [4.78, 5) is 27.4. The van der Waals surface area contributed by atoms with Gasteiger partial charge in [0, 0.05) is 17.6 Å². The summed E-state index contributed by atoms with van der Waals surface area (Å²) in [5, 5.41) is 0.925. The fourth-order valence-electron chi connectivity index (χ4n) is 2.65. The summed E-state index contributed by atoms with van der Waals surface area (Å²) in [6, 6.07) is 14.0. The third-order valence-corrected chi connectivity index (χ3v) is 4.84. The highest BCUT2D eigenvalue weighted by atomic mass is 35.5. The summed E-state index contributed by atoms with van der Waals surface area (Å²) in [6.07, 6.45) is 1.68. The van der Waals surface area contributed by atoms with Crippen LogP contribution in [0.2, 0.25) is 5.02 Å². The number of anilines is 1. The Morgan fingerprint density at radius 2 is 1.86 bits per heavy atom. The second-order valence-electron chi connectivity index (χ2n) is 5.89. The Labute approximate surface area is 172 Å². The Morgan fingerprint density at radius 3 is 2.54 bits per heavy atom. The Kier molecular flexibility index (Phi) is 5.96. The second kappa shape index (κ2) is 8.41. The molecule has 0 bridgehead atoms. The lowest BCUT2D eigenvalue weighted by atomic mass is 10.1. The lowest BCUT2D eigenvalue weighted by Gasteiger charge is -2.16. The van der Waals surface area contributed by atoms with Gasteiger partial charge in [0.15, 0.2) is 11.7 Å². The van der Waals surface area contributed by atoms with Crippen molar-refractivity contribution in [1.29, 1.82) is 0 Å². The smallest absolute Gasteiger partial charge is 0.343 e. The van der Waals surface area contributed by atoms with E-state index in [2.05, 4.69) is 4.74 Å². The van der Waals surface area contributed by atoms with Gasteiger partial charge >= 0.3 is 5.97 Å². The van der Waals surface area contributed by atoms with Gasteiger partial charge in [0.05, 0.1) is 12.8 Å². The van der Waals surface area contributed by atoms with Gasteiger partial charge in [-0.05, 0) is 48.6 Å². The van der Waals surface area contributed by atoms with E-state index in [-0.39, 0.29) is 12.5 Å². The number of hydrogen-bond acceptors (Lipinski definition) is 5. The van der Waals surface area contributed by atoms with Crippen LogP contribution in [0, 0.1) is 0 Å². The van der Waals surface area contributed by atoms with Crippen molar-refractivity contribution in [3.8, 4) is 5.75 Å². The maximum atomic E-state index is 13.0. The molecule has 6 nitrogen and oxygen atoms in total. The zero-order chi connectivity index (χ0) is 20.3. The average Bonchev–Trinajstić information content (AvgIpc) is 2.91. The molecule has 2 aromatic rings. The van der Waals surface area contributed by atoms with E-state index >= 15 is 0 Å². The number of carbonyl (C=O) groups is 2. The summed E-state index contributed by atoms with van der Waals surface area (Å²) in [5.41, 5.74) is 1.65. The van der Waals surface area contributed by atoms with Crippen molar-refractivity contribution in [3.63, 3.8) is 0 Å². The Morgan fingerprint density at radius 1 is 1.18 bits per heavy atom. The molecule has 0 atom stereocenters. The van der Waals surface area contributed by atoms with Gasteiger partial charge in [0.25, 0.3) is 5.91 Å².